The highest BCUT2D eigenvalue weighted by Crippen LogP contribution is 2.15. The van der Waals surface area contributed by atoms with Crippen molar-refractivity contribution in [2.24, 2.45) is 0 Å². The Morgan fingerprint density at radius 2 is 2.18 bits per heavy atom. The number of hydrogen-bond acceptors (Lipinski definition) is 2. The first-order chi connectivity index (χ1) is 8.11. The van der Waals surface area contributed by atoms with Gasteiger partial charge in [-0.3, -0.25) is 0 Å². The Hall–Kier alpha value is -1.28. The SMILES string of the molecule is CCOc1cccc(C=C(C)CNC(C)C)c1. The summed E-state index contributed by atoms with van der Waals surface area (Å²) in [4.78, 5) is 0. The molecule has 0 amide bonds. The molecule has 0 aliphatic heterocycles. The van der Waals surface area contributed by atoms with E-state index in [1.165, 1.54) is 11.1 Å². The van der Waals surface area contributed by atoms with Gasteiger partial charge in [0.15, 0.2) is 0 Å². The molecule has 0 heterocycles. The fraction of sp³-hybridized carbons (Fsp3) is 0.467. The summed E-state index contributed by atoms with van der Waals surface area (Å²) in [6.07, 6.45) is 2.19. The monoisotopic (exact) mass is 233 g/mol. The van der Waals surface area contributed by atoms with Crippen LogP contribution in [0, 0.1) is 0 Å². The summed E-state index contributed by atoms with van der Waals surface area (Å²) in [5, 5.41) is 3.41. The predicted octanol–water partition coefficient (Wildman–Crippen LogP) is 3.49. The van der Waals surface area contributed by atoms with Gasteiger partial charge >= 0.3 is 0 Å². The van der Waals surface area contributed by atoms with Crippen LogP contribution in [-0.2, 0) is 0 Å². The van der Waals surface area contributed by atoms with Crippen LogP contribution < -0.4 is 10.1 Å². The van der Waals surface area contributed by atoms with Crippen LogP contribution in [-0.4, -0.2) is 19.2 Å². The molecule has 1 aromatic rings. The van der Waals surface area contributed by atoms with E-state index in [1.54, 1.807) is 0 Å². The fourth-order valence-electron chi connectivity index (χ4n) is 1.56. The van der Waals surface area contributed by atoms with Gasteiger partial charge in [0.25, 0.3) is 0 Å². The standard InChI is InChI=1S/C15H23NO/c1-5-17-15-8-6-7-14(10-15)9-13(4)11-16-12(2)3/h6-10,12,16H,5,11H2,1-4H3. The topological polar surface area (TPSA) is 21.3 Å². The van der Waals surface area contributed by atoms with E-state index in [0.717, 1.165) is 12.3 Å². The zero-order chi connectivity index (χ0) is 12.7. The van der Waals surface area contributed by atoms with Gasteiger partial charge in [-0.2, -0.15) is 0 Å². The first kappa shape index (κ1) is 13.8. The van der Waals surface area contributed by atoms with E-state index >= 15 is 0 Å². The van der Waals surface area contributed by atoms with E-state index in [1.807, 2.05) is 19.1 Å². The Balaban J connectivity index is 2.65. The van der Waals surface area contributed by atoms with Crippen molar-refractivity contribution >= 4 is 6.08 Å². The lowest BCUT2D eigenvalue weighted by Gasteiger charge is -2.08. The van der Waals surface area contributed by atoms with Gasteiger partial charge in [-0.15, -0.1) is 0 Å². The van der Waals surface area contributed by atoms with E-state index < -0.39 is 0 Å². The normalized spacial score (nSPS) is 11.9. The molecule has 0 radical (unpaired) electrons. The third-order valence-corrected chi connectivity index (χ3v) is 2.37. The molecular weight excluding hydrogens is 210 g/mol. The Kier molecular flexibility index (Phi) is 5.78. The number of nitrogens with one attached hydrogen (secondary N) is 1. The third kappa shape index (κ3) is 5.55. The van der Waals surface area contributed by atoms with E-state index in [-0.39, 0.29) is 0 Å². The van der Waals surface area contributed by atoms with Crippen LogP contribution in [0.4, 0.5) is 0 Å². The van der Waals surface area contributed by atoms with Crippen LogP contribution in [0.2, 0.25) is 0 Å². The minimum Gasteiger partial charge on any atom is -0.494 e. The van der Waals surface area contributed by atoms with Gasteiger partial charge < -0.3 is 10.1 Å². The molecule has 0 bridgehead atoms. The second kappa shape index (κ2) is 7.13. The maximum Gasteiger partial charge on any atom is 0.119 e. The van der Waals surface area contributed by atoms with E-state index in [2.05, 4.69) is 44.3 Å². The van der Waals surface area contributed by atoms with Crippen LogP contribution in [0.25, 0.3) is 6.08 Å². The molecule has 94 valence electrons. The average Bonchev–Trinajstić information content (AvgIpc) is 2.27. The van der Waals surface area contributed by atoms with E-state index in [4.69, 9.17) is 4.74 Å². The van der Waals surface area contributed by atoms with Gasteiger partial charge in [0.1, 0.15) is 5.75 Å². The molecule has 0 aliphatic carbocycles. The van der Waals surface area contributed by atoms with Gasteiger partial charge in [0, 0.05) is 12.6 Å². The van der Waals surface area contributed by atoms with Gasteiger partial charge in [-0.1, -0.05) is 37.6 Å². The first-order valence-corrected chi connectivity index (χ1v) is 6.25. The maximum atomic E-state index is 5.48. The van der Waals surface area contributed by atoms with Crippen molar-refractivity contribution in [1.82, 2.24) is 5.32 Å². The van der Waals surface area contributed by atoms with Crippen molar-refractivity contribution in [1.29, 1.82) is 0 Å². The Morgan fingerprint density at radius 3 is 2.82 bits per heavy atom. The minimum atomic E-state index is 0.521. The highest BCUT2D eigenvalue weighted by atomic mass is 16.5. The summed E-state index contributed by atoms with van der Waals surface area (Å²) < 4.78 is 5.48. The van der Waals surface area contributed by atoms with Gasteiger partial charge in [0.2, 0.25) is 0 Å². The van der Waals surface area contributed by atoms with Crippen LogP contribution in [0.15, 0.2) is 29.8 Å². The van der Waals surface area contributed by atoms with Crippen LogP contribution in [0.5, 0.6) is 5.75 Å². The molecule has 0 unspecified atom stereocenters. The fourth-order valence-corrected chi connectivity index (χ4v) is 1.56. The Morgan fingerprint density at radius 1 is 1.41 bits per heavy atom. The van der Waals surface area contributed by atoms with Crippen LogP contribution in [0.1, 0.15) is 33.3 Å². The Labute approximate surface area is 105 Å². The number of benzene rings is 1. The molecule has 1 aromatic carbocycles. The zero-order valence-electron chi connectivity index (χ0n) is 11.3. The molecular formula is C15H23NO. The van der Waals surface area contributed by atoms with Gasteiger partial charge in [-0.25, -0.2) is 0 Å². The Bertz CT molecular complexity index is 369. The largest absolute Gasteiger partial charge is 0.494 e. The number of rotatable bonds is 6. The predicted molar refractivity (Wildman–Crippen MR) is 74.4 cm³/mol. The van der Waals surface area contributed by atoms with Crippen molar-refractivity contribution in [3.63, 3.8) is 0 Å². The van der Waals surface area contributed by atoms with E-state index in [9.17, 15) is 0 Å². The molecule has 0 aromatic heterocycles. The van der Waals surface area contributed by atoms with Crippen molar-refractivity contribution < 1.29 is 4.74 Å². The summed E-state index contributed by atoms with van der Waals surface area (Å²) in [7, 11) is 0. The quantitative estimate of drug-likeness (QED) is 0.812. The molecule has 0 saturated carbocycles. The lowest BCUT2D eigenvalue weighted by molar-refractivity contribution is 0.340. The summed E-state index contributed by atoms with van der Waals surface area (Å²) in [6, 6.07) is 8.71. The highest BCUT2D eigenvalue weighted by molar-refractivity contribution is 5.54. The second-order valence-corrected chi connectivity index (χ2v) is 4.53. The molecule has 0 aliphatic rings. The molecule has 0 atom stereocenters. The lowest BCUT2D eigenvalue weighted by atomic mass is 10.1. The third-order valence-electron chi connectivity index (χ3n) is 2.37. The van der Waals surface area contributed by atoms with Crippen LogP contribution >= 0.6 is 0 Å². The van der Waals surface area contributed by atoms with Crippen LogP contribution in [0.3, 0.4) is 0 Å². The smallest absolute Gasteiger partial charge is 0.119 e. The molecule has 0 spiro atoms. The van der Waals surface area contributed by atoms with Gasteiger partial charge in [0.05, 0.1) is 6.61 Å². The average molecular weight is 233 g/mol. The molecule has 2 nitrogen and oxygen atoms in total. The molecule has 2 heteroatoms. The molecule has 0 saturated heterocycles. The molecule has 0 fully saturated rings. The zero-order valence-corrected chi connectivity index (χ0v) is 11.3. The van der Waals surface area contributed by atoms with Crippen molar-refractivity contribution in [2.45, 2.75) is 33.7 Å². The second-order valence-electron chi connectivity index (χ2n) is 4.53. The first-order valence-electron chi connectivity index (χ1n) is 6.25. The molecule has 1 rings (SSSR count). The number of hydrogen-bond donors (Lipinski definition) is 1. The van der Waals surface area contributed by atoms with Gasteiger partial charge in [-0.05, 0) is 31.5 Å². The van der Waals surface area contributed by atoms with Crippen molar-refractivity contribution in [3.8, 4) is 5.75 Å². The van der Waals surface area contributed by atoms with E-state index in [0.29, 0.717) is 12.6 Å². The highest BCUT2D eigenvalue weighted by Gasteiger charge is 1.96. The summed E-state index contributed by atoms with van der Waals surface area (Å²) in [5.74, 6) is 0.936. The summed E-state index contributed by atoms with van der Waals surface area (Å²) in [5.41, 5.74) is 2.52. The van der Waals surface area contributed by atoms with Crippen molar-refractivity contribution in [2.75, 3.05) is 13.2 Å². The molecule has 17 heavy (non-hydrogen) atoms. The minimum absolute atomic E-state index is 0.521. The summed E-state index contributed by atoms with van der Waals surface area (Å²) >= 11 is 0. The maximum absolute atomic E-state index is 5.48. The summed E-state index contributed by atoms with van der Waals surface area (Å²) in [6.45, 7) is 10.1. The van der Waals surface area contributed by atoms with Crippen molar-refractivity contribution in [3.05, 3.63) is 35.4 Å². The molecule has 1 N–H and O–H groups in total. The number of ether oxygens (including phenoxy) is 1. The lowest BCUT2D eigenvalue weighted by Crippen LogP contribution is -2.24.